The Kier molecular flexibility index (Phi) is 10.1. The molecule has 0 radical (unpaired) electrons. The molecule has 0 fully saturated rings. The molecule has 244 valence electrons. The molecule has 1 heterocycles. The third-order valence-corrected chi connectivity index (χ3v) is 7.14. The molecule has 4 N–H and O–H groups in total. The molecule has 0 bridgehead atoms. The molecule has 46 heavy (non-hydrogen) atoms. The maximum absolute atomic E-state index is 15.0. The van der Waals surface area contributed by atoms with Gasteiger partial charge in [0.05, 0.1) is 17.3 Å². The summed E-state index contributed by atoms with van der Waals surface area (Å²) in [6.07, 6.45) is -3.18. The lowest BCUT2D eigenvalue weighted by atomic mass is 9.81. The molecule has 0 aliphatic carbocycles. The second-order valence-electron chi connectivity index (χ2n) is 11.8. The summed E-state index contributed by atoms with van der Waals surface area (Å²) in [6.45, 7) is 5.70. The van der Waals surface area contributed by atoms with Crippen LogP contribution in [0.15, 0.2) is 72.9 Å². The number of ether oxygens (including phenoxy) is 1. The second-order valence-corrected chi connectivity index (χ2v) is 11.8. The summed E-state index contributed by atoms with van der Waals surface area (Å²) in [6, 6.07) is 14.8. The Morgan fingerprint density at radius 3 is 2.33 bits per heavy atom. The number of benzene rings is 3. The van der Waals surface area contributed by atoms with Gasteiger partial charge in [-0.15, -0.1) is 0 Å². The van der Waals surface area contributed by atoms with Gasteiger partial charge in [-0.25, -0.2) is 18.3 Å². The minimum Gasteiger partial charge on any atom is -0.419 e. The maximum Gasteiger partial charge on any atom is 0.491 e. The molecule has 1 aromatic heterocycles. The molecule has 0 aliphatic heterocycles. The first-order chi connectivity index (χ1) is 21.6. The molecule has 0 spiro atoms. The van der Waals surface area contributed by atoms with Gasteiger partial charge in [-0.3, -0.25) is 4.79 Å². The van der Waals surface area contributed by atoms with E-state index in [1.54, 1.807) is 6.20 Å². The van der Waals surface area contributed by atoms with Gasteiger partial charge in [0.25, 0.3) is 5.91 Å². The first kappa shape index (κ1) is 34.1. The van der Waals surface area contributed by atoms with E-state index in [4.69, 9.17) is 16.6 Å². The number of alkyl halides is 3. The van der Waals surface area contributed by atoms with Crippen LogP contribution in [-0.2, 0) is 11.2 Å². The predicted octanol–water partition coefficient (Wildman–Crippen LogP) is 6.37. The van der Waals surface area contributed by atoms with Crippen LogP contribution in [0.3, 0.4) is 0 Å². The number of hydrogen-bond acceptors (Lipinski definition) is 6. The van der Waals surface area contributed by atoms with E-state index in [1.807, 2.05) is 51.1 Å². The highest BCUT2D eigenvalue weighted by atomic mass is 19.4. The minimum atomic E-state index is -5.33. The van der Waals surface area contributed by atoms with Gasteiger partial charge in [0.1, 0.15) is 23.1 Å². The largest absolute Gasteiger partial charge is 0.491 e. The smallest absolute Gasteiger partial charge is 0.419 e. The van der Waals surface area contributed by atoms with E-state index in [0.29, 0.717) is 17.7 Å². The number of carbonyl (C=O) groups is 2. The number of rotatable bonds is 10. The Bertz CT molecular complexity index is 1700. The van der Waals surface area contributed by atoms with E-state index >= 15 is 0 Å². The van der Waals surface area contributed by atoms with Gasteiger partial charge in [0.15, 0.2) is 0 Å². The average molecular weight is 644 g/mol. The topological polar surface area (TPSA) is 116 Å². The van der Waals surface area contributed by atoms with E-state index in [0.717, 1.165) is 29.8 Å². The zero-order valence-corrected chi connectivity index (χ0v) is 25.4. The standard InChI is InChI=1S/C33H34F5N5O3/c1-32(2,3)29(42(15-7-14-39)30(44)24-12-11-23(40)18-27(24)46-31(45)33(36,37)38)28-21(16-20-8-5-4-6-9-20)19-43(41-28)26-17-22(34)10-13-25(26)35/h4-6,8-13,17-19,29H,7,14-16,39-40H2,1-3H3/t29-/m0/s1. The zero-order valence-electron chi connectivity index (χ0n) is 25.4. The highest BCUT2D eigenvalue weighted by Crippen LogP contribution is 2.41. The number of anilines is 1. The quantitative estimate of drug-likeness (QED) is 0.0898. The Morgan fingerprint density at radius 1 is 1.00 bits per heavy atom. The molecular formula is C33H34F5N5O3. The minimum absolute atomic E-state index is 0.0280. The second kappa shape index (κ2) is 13.7. The summed E-state index contributed by atoms with van der Waals surface area (Å²) in [4.78, 5) is 27.5. The molecule has 0 saturated carbocycles. The number of nitrogen functional groups attached to an aromatic ring is 1. The van der Waals surface area contributed by atoms with Crippen LogP contribution < -0.4 is 16.2 Å². The molecule has 3 aromatic carbocycles. The SMILES string of the molecule is CC(C)(C)[C@H](c1nn(-c2cc(F)ccc2F)cc1Cc1ccccc1)N(CCCN)C(=O)c1ccc(N)cc1OC(=O)C(F)(F)F. The van der Waals surface area contributed by atoms with Crippen molar-refractivity contribution in [1.29, 1.82) is 0 Å². The van der Waals surface area contributed by atoms with Crippen LogP contribution in [0.5, 0.6) is 5.75 Å². The number of nitrogens with zero attached hydrogens (tertiary/aromatic N) is 3. The summed E-state index contributed by atoms with van der Waals surface area (Å²) in [5.41, 5.74) is 12.1. The van der Waals surface area contributed by atoms with Crippen LogP contribution in [0.1, 0.15) is 60.4 Å². The van der Waals surface area contributed by atoms with Gasteiger partial charge in [-0.1, -0.05) is 51.1 Å². The number of esters is 1. The summed E-state index contributed by atoms with van der Waals surface area (Å²) in [5.74, 6) is -5.39. The highest BCUT2D eigenvalue weighted by Gasteiger charge is 2.43. The van der Waals surface area contributed by atoms with E-state index in [1.165, 1.54) is 21.7 Å². The van der Waals surface area contributed by atoms with Crippen molar-refractivity contribution in [3.05, 3.63) is 107 Å². The number of nitrogens with two attached hydrogens (primary N) is 2. The number of carbonyl (C=O) groups excluding carboxylic acids is 2. The van der Waals surface area contributed by atoms with E-state index < -0.39 is 46.9 Å². The number of amides is 1. The van der Waals surface area contributed by atoms with Gasteiger partial charge in [-0.2, -0.15) is 18.3 Å². The summed E-state index contributed by atoms with van der Waals surface area (Å²) in [7, 11) is 0. The number of halogens is 5. The van der Waals surface area contributed by atoms with Crippen molar-refractivity contribution >= 4 is 17.6 Å². The van der Waals surface area contributed by atoms with Crippen LogP contribution >= 0.6 is 0 Å². The lowest BCUT2D eigenvalue weighted by Gasteiger charge is -2.40. The molecule has 0 saturated heterocycles. The lowest BCUT2D eigenvalue weighted by Crippen LogP contribution is -2.43. The first-order valence-electron chi connectivity index (χ1n) is 14.4. The summed E-state index contributed by atoms with van der Waals surface area (Å²) >= 11 is 0. The van der Waals surface area contributed by atoms with Crippen molar-refractivity contribution in [1.82, 2.24) is 14.7 Å². The Labute approximate surface area is 262 Å². The fourth-order valence-corrected chi connectivity index (χ4v) is 5.14. The third-order valence-electron chi connectivity index (χ3n) is 7.14. The van der Waals surface area contributed by atoms with Crippen molar-refractivity contribution in [2.24, 2.45) is 11.1 Å². The summed E-state index contributed by atoms with van der Waals surface area (Å²) < 4.78 is 74.4. The molecular weight excluding hydrogens is 609 g/mol. The molecule has 13 heteroatoms. The predicted molar refractivity (Wildman–Crippen MR) is 162 cm³/mol. The maximum atomic E-state index is 15.0. The van der Waals surface area contributed by atoms with Gasteiger partial charge < -0.3 is 21.1 Å². The normalized spacial score (nSPS) is 12.5. The van der Waals surface area contributed by atoms with Crippen molar-refractivity contribution < 1.29 is 36.3 Å². The number of hydrogen-bond donors (Lipinski definition) is 2. The van der Waals surface area contributed by atoms with Crippen LogP contribution in [0.2, 0.25) is 0 Å². The van der Waals surface area contributed by atoms with Crippen LogP contribution in [0.4, 0.5) is 27.6 Å². The molecule has 0 unspecified atom stereocenters. The Hall–Kier alpha value is -4.78. The van der Waals surface area contributed by atoms with Gasteiger partial charge in [0, 0.05) is 42.5 Å². The molecule has 1 atom stereocenters. The van der Waals surface area contributed by atoms with E-state index in [9.17, 15) is 31.5 Å². The third kappa shape index (κ3) is 7.89. The van der Waals surface area contributed by atoms with Crippen LogP contribution in [0, 0.1) is 17.0 Å². The van der Waals surface area contributed by atoms with E-state index in [-0.39, 0.29) is 36.4 Å². The van der Waals surface area contributed by atoms with Crippen molar-refractivity contribution in [2.75, 3.05) is 18.8 Å². The zero-order chi connectivity index (χ0) is 33.8. The monoisotopic (exact) mass is 643 g/mol. The Morgan fingerprint density at radius 2 is 1.70 bits per heavy atom. The van der Waals surface area contributed by atoms with Crippen molar-refractivity contribution in [3.8, 4) is 11.4 Å². The Balaban J connectivity index is 1.91. The fraction of sp³-hybridized carbons (Fsp3) is 0.303. The molecule has 0 aliphatic rings. The molecule has 8 nitrogen and oxygen atoms in total. The fourth-order valence-electron chi connectivity index (χ4n) is 5.14. The highest BCUT2D eigenvalue weighted by molar-refractivity contribution is 5.98. The molecule has 4 rings (SSSR count). The first-order valence-corrected chi connectivity index (χ1v) is 14.4. The molecule has 1 amide bonds. The van der Waals surface area contributed by atoms with Crippen molar-refractivity contribution in [2.45, 2.75) is 45.8 Å². The molecule has 4 aromatic rings. The van der Waals surface area contributed by atoms with E-state index in [2.05, 4.69) is 4.74 Å². The lowest BCUT2D eigenvalue weighted by molar-refractivity contribution is -0.189. The summed E-state index contributed by atoms with van der Waals surface area (Å²) in [5, 5.41) is 4.70. The van der Waals surface area contributed by atoms with Crippen LogP contribution in [0.25, 0.3) is 5.69 Å². The van der Waals surface area contributed by atoms with Gasteiger partial charge in [0.2, 0.25) is 0 Å². The van der Waals surface area contributed by atoms with Crippen LogP contribution in [-0.4, -0.2) is 45.8 Å². The number of aromatic nitrogens is 2. The van der Waals surface area contributed by atoms with Gasteiger partial charge >= 0.3 is 12.1 Å². The van der Waals surface area contributed by atoms with Gasteiger partial charge in [-0.05, 0) is 48.2 Å². The average Bonchev–Trinajstić information content (AvgIpc) is 3.37. The van der Waals surface area contributed by atoms with Crippen molar-refractivity contribution in [3.63, 3.8) is 0 Å².